The molecule has 0 atom stereocenters. The van der Waals surface area contributed by atoms with E-state index in [4.69, 9.17) is 0 Å². The number of hydrogen-bond acceptors (Lipinski definition) is 2. The van der Waals surface area contributed by atoms with Crippen LogP contribution in [0.3, 0.4) is 0 Å². The van der Waals surface area contributed by atoms with Crippen molar-refractivity contribution >= 4 is 0 Å². The van der Waals surface area contributed by atoms with Crippen molar-refractivity contribution < 1.29 is 4.74 Å². The summed E-state index contributed by atoms with van der Waals surface area (Å²) in [5.41, 5.74) is 1.17. The van der Waals surface area contributed by atoms with Crippen LogP contribution in [-0.2, 0) is 4.74 Å². The van der Waals surface area contributed by atoms with Gasteiger partial charge in [0, 0.05) is 14.2 Å². The highest BCUT2D eigenvalue weighted by Crippen LogP contribution is 1.73. The van der Waals surface area contributed by atoms with E-state index in [1.54, 1.807) is 14.2 Å². The van der Waals surface area contributed by atoms with Gasteiger partial charge in [0.25, 0.3) is 0 Å². The van der Waals surface area contributed by atoms with Gasteiger partial charge in [0.1, 0.15) is 0 Å². The third-order valence-electron chi connectivity index (χ3n) is 0. The minimum absolute atomic E-state index is 1.17. The van der Waals surface area contributed by atoms with Crippen LogP contribution in [0, 0.1) is 0 Å². The highest BCUT2D eigenvalue weighted by molar-refractivity contribution is 4.78. The summed E-state index contributed by atoms with van der Waals surface area (Å²) in [6, 6.07) is 0. The Morgan fingerprint density at radius 2 is 1.20 bits per heavy atom. The lowest BCUT2D eigenvalue weighted by Crippen LogP contribution is -1.89. The predicted octanol–water partition coefficient (Wildman–Crippen LogP) is 1.68. The molecule has 0 saturated heterocycles. The number of hydrogen-bond donors (Lipinski definition) is 1. The molecule has 0 fully saturated rings. The Kier molecular flexibility index (Phi) is 38.2. The maximum atomic E-state index is 4.25. The average molecular weight is 147 g/mol. The molecule has 0 aliphatic heterocycles. The molecule has 0 bridgehead atoms. The molecule has 2 nitrogen and oxygen atoms in total. The molecule has 0 aromatic rings. The van der Waals surface area contributed by atoms with Crippen LogP contribution in [0.1, 0.15) is 13.8 Å². The predicted molar refractivity (Wildman–Crippen MR) is 48.4 cm³/mol. The molecule has 0 amide bonds. The zero-order chi connectivity index (χ0) is 8.99. The van der Waals surface area contributed by atoms with Crippen LogP contribution in [0.2, 0.25) is 0 Å². The number of methoxy groups -OCH3 is 1. The molecule has 0 saturated carbocycles. The van der Waals surface area contributed by atoms with Gasteiger partial charge in [0.05, 0.1) is 0 Å². The maximum absolute atomic E-state index is 4.25. The largest absolute Gasteiger partial charge is 0.388 e. The van der Waals surface area contributed by atoms with Gasteiger partial charge in [-0.3, -0.25) is 0 Å². The second-order valence-corrected chi connectivity index (χ2v) is 2.12. The van der Waals surface area contributed by atoms with E-state index >= 15 is 0 Å². The van der Waals surface area contributed by atoms with Crippen LogP contribution < -0.4 is 5.32 Å². The fourth-order valence-corrected chi connectivity index (χ4v) is 0. The van der Waals surface area contributed by atoms with Crippen LogP contribution in [0.15, 0.2) is 12.2 Å². The second kappa shape index (κ2) is 23.4. The second-order valence-electron chi connectivity index (χ2n) is 2.12. The minimum Gasteiger partial charge on any atom is -0.388 e. The Bertz CT molecular complexity index is 47.2. The molecule has 10 heavy (non-hydrogen) atoms. The Labute approximate surface area is 65.3 Å². The van der Waals surface area contributed by atoms with Gasteiger partial charge in [-0.2, -0.15) is 0 Å². The van der Waals surface area contributed by atoms with Gasteiger partial charge in [-0.05, 0) is 27.9 Å². The van der Waals surface area contributed by atoms with Gasteiger partial charge in [-0.15, -0.1) is 6.58 Å². The number of nitrogens with one attached hydrogen (secondary N) is 1. The first-order valence-corrected chi connectivity index (χ1v) is 3.17. The smallest absolute Gasteiger partial charge is 0.0351 e. The first kappa shape index (κ1) is 16.3. The fraction of sp³-hybridized carbons (Fsp3) is 0.750. The Hall–Kier alpha value is -0.340. The first-order valence-electron chi connectivity index (χ1n) is 3.17. The number of allylic oxidation sites excluding steroid dienone is 1. The molecular weight excluding hydrogens is 126 g/mol. The average Bonchev–Trinajstić information content (AvgIpc) is 1.65. The highest BCUT2D eigenvalue weighted by Gasteiger charge is 1.51. The molecule has 0 unspecified atom stereocenters. The molecule has 64 valence electrons. The highest BCUT2D eigenvalue weighted by atomic mass is 16.4. The molecule has 0 spiro atoms. The van der Waals surface area contributed by atoms with Crippen molar-refractivity contribution in [2.45, 2.75) is 13.8 Å². The zero-order valence-corrected chi connectivity index (χ0v) is 8.12. The Morgan fingerprint density at radius 1 is 1.20 bits per heavy atom. The van der Waals surface area contributed by atoms with Crippen molar-refractivity contribution in [1.82, 2.24) is 5.32 Å². The van der Waals surface area contributed by atoms with Crippen molar-refractivity contribution in [3.8, 4) is 0 Å². The summed E-state index contributed by atoms with van der Waals surface area (Å²) in [7, 11) is 7.00. The molecule has 0 heterocycles. The van der Waals surface area contributed by atoms with Crippen LogP contribution in [0.5, 0.6) is 0 Å². The van der Waals surface area contributed by atoms with E-state index in [9.17, 15) is 0 Å². The van der Waals surface area contributed by atoms with Gasteiger partial charge >= 0.3 is 0 Å². The molecule has 0 rings (SSSR count). The molecule has 0 radical (unpaired) electrons. The SMILES string of the molecule is C=C(C)C.CNC.COC. The molecule has 2 heteroatoms. The van der Waals surface area contributed by atoms with E-state index in [0.717, 1.165) is 0 Å². The lowest BCUT2D eigenvalue weighted by Gasteiger charge is -1.65. The van der Waals surface area contributed by atoms with Crippen LogP contribution in [0.25, 0.3) is 0 Å². The normalized spacial score (nSPS) is 6.20. The lowest BCUT2D eigenvalue weighted by atomic mass is 10.4. The van der Waals surface area contributed by atoms with E-state index < -0.39 is 0 Å². The standard InChI is InChI=1S/C4H8.C2H7N.C2H6O/c1-4(2)3;2*1-3-2/h1H2,2-3H3;3H,1-2H3;1-2H3. The Balaban J connectivity index is -0.0000000750. The van der Waals surface area contributed by atoms with Gasteiger partial charge in [-0.1, -0.05) is 5.57 Å². The van der Waals surface area contributed by atoms with E-state index in [0.29, 0.717) is 0 Å². The quantitative estimate of drug-likeness (QED) is 0.526. The van der Waals surface area contributed by atoms with Gasteiger partial charge in [0.2, 0.25) is 0 Å². The van der Waals surface area contributed by atoms with Gasteiger partial charge in [-0.25, -0.2) is 0 Å². The van der Waals surface area contributed by atoms with Gasteiger partial charge in [0.15, 0.2) is 0 Å². The topological polar surface area (TPSA) is 21.3 Å². The summed E-state index contributed by atoms with van der Waals surface area (Å²) in [5.74, 6) is 0. The van der Waals surface area contributed by atoms with Crippen LogP contribution in [0.4, 0.5) is 0 Å². The molecule has 0 aromatic carbocycles. The van der Waals surface area contributed by atoms with Crippen molar-refractivity contribution in [3.63, 3.8) is 0 Å². The number of ether oxygens (including phenoxy) is 1. The molecule has 1 N–H and O–H groups in total. The van der Waals surface area contributed by atoms with E-state index in [-0.39, 0.29) is 0 Å². The van der Waals surface area contributed by atoms with Gasteiger partial charge < -0.3 is 10.1 Å². The summed E-state index contributed by atoms with van der Waals surface area (Å²) >= 11 is 0. The fourth-order valence-electron chi connectivity index (χ4n) is 0. The van der Waals surface area contributed by atoms with Crippen molar-refractivity contribution in [3.05, 3.63) is 12.2 Å². The number of rotatable bonds is 0. The lowest BCUT2D eigenvalue weighted by molar-refractivity contribution is 0.277. The first-order chi connectivity index (χ1) is 4.56. The van der Waals surface area contributed by atoms with Crippen molar-refractivity contribution in [2.75, 3.05) is 28.3 Å². The summed E-state index contributed by atoms with van der Waals surface area (Å²) in [4.78, 5) is 0. The van der Waals surface area contributed by atoms with E-state index in [2.05, 4.69) is 16.6 Å². The third-order valence-corrected chi connectivity index (χ3v) is 0. The molecule has 0 aliphatic rings. The molecular formula is C8H21NO. The zero-order valence-electron chi connectivity index (χ0n) is 8.12. The monoisotopic (exact) mass is 147 g/mol. The van der Waals surface area contributed by atoms with E-state index in [1.807, 2.05) is 27.9 Å². The summed E-state index contributed by atoms with van der Waals surface area (Å²) in [6.45, 7) is 7.50. The summed E-state index contributed by atoms with van der Waals surface area (Å²) in [5, 5.41) is 2.75. The summed E-state index contributed by atoms with van der Waals surface area (Å²) in [6.07, 6.45) is 0. The Morgan fingerprint density at radius 3 is 1.20 bits per heavy atom. The molecule has 0 aromatic heterocycles. The van der Waals surface area contributed by atoms with E-state index in [1.165, 1.54) is 5.57 Å². The maximum Gasteiger partial charge on any atom is 0.0351 e. The third kappa shape index (κ3) is 2940. The minimum atomic E-state index is 1.17. The van der Waals surface area contributed by atoms with Crippen LogP contribution in [-0.4, -0.2) is 28.3 Å². The van der Waals surface area contributed by atoms with Crippen molar-refractivity contribution in [1.29, 1.82) is 0 Å². The summed E-state index contributed by atoms with van der Waals surface area (Å²) < 4.78 is 4.25. The molecule has 0 aliphatic carbocycles. The van der Waals surface area contributed by atoms with Crippen molar-refractivity contribution in [2.24, 2.45) is 0 Å². The van der Waals surface area contributed by atoms with Crippen LogP contribution >= 0.6 is 0 Å².